The van der Waals surface area contributed by atoms with Crippen LogP contribution in [-0.2, 0) is 20.6 Å². The Labute approximate surface area is 161 Å². The number of hydrogen-bond acceptors (Lipinski definition) is 6. The van der Waals surface area contributed by atoms with Gasteiger partial charge in [-0.05, 0) is 18.1 Å². The van der Waals surface area contributed by atoms with Gasteiger partial charge in [0, 0.05) is 33.3 Å². The zero-order valence-electron chi connectivity index (χ0n) is 16.6. The fourth-order valence-electron chi connectivity index (χ4n) is 3.79. The van der Waals surface area contributed by atoms with Gasteiger partial charge in [0.25, 0.3) is 5.56 Å². The van der Waals surface area contributed by atoms with Gasteiger partial charge in [-0.3, -0.25) is 13.9 Å². The van der Waals surface area contributed by atoms with E-state index in [0.717, 1.165) is 10.3 Å². The molecule has 0 aliphatic carbocycles. The molecule has 0 saturated carbocycles. The van der Waals surface area contributed by atoms with E-state index >= 15 is 0 Å². The van der Waals surface area contributed by atoms with Crippen LogP contribution in [0.5, 0.6) is 11.5 Å². The third-order valence-electron chi connectivity index (χ3n) is 5.24. The first-order chi connectivity index (χ1) is 13.4. The van der Waals surface area contributed by atoms with Gasteiger partial charge in [-0.1, -0.05) is 6.92 Å². The van der Waals surface area contributed by atoms with E-state index in [2.05, 4.69) is 11.9 Å². The van der Waals surface area contributed by atoms with Gasteiger partial charge >= 0.3 is 5.69 Å². The van der Waals surface area contributed by atoms with Crippen molar-refractivity contribution in [2.24, 2.45) is 20.0 Å². The van der Waals surface area contributed by atoms with Crippen LogP contribution in [0.15, 0.2) is 27.8 Å². The number of benzene rings is 1. The Morgan fingerprint density at radius 2 is 1.82 bits per heavy atom. The molecule has 4 rings (SSSR count). The van der Waals surface area contributed by atoms with Crippen LogP contribution in [0.4, 0.5) is 11.6 Å². The maximum absolute atomic E-state index is 12.8. The van der Waals surface area contributed by atoms with Crippen LogP contribution in [0, 0.1) is 5.92 Å². The number of aryl methyl sites for hydroxylation is 1. The molecule has 1 aromatic carbocycles. The fraction of sp³-hybridized carbons (Fsp3) is 0.421. The molecule has 1 atom stereocenters. The Morgan fingerprint density at radius 1 is 1.07 bits per heavy atom. The Bertz CT molecular complexity index is 1190. The number of hydrogen-bond donors (Lipinski definition) is 0. The highest BCUT2D eigenvalue weighted by molar-refractivity contribution is 5.78. The average molecular weight is 385 g/mol. The third kappa shape index (κ3) is 2.49. The maximum Gasteiger partial charge on any atom is 0.332 e. The van der Waals surface area contributed by atoms with Crippen LogP contribution in [0.25, 0.3) is 11.2 Å². The van der Waals surface area contributed by atoms with Crippen molar-refractivity contribution in [1.82, 2.24) is 18.7 Å². The smallest absolute Gasteiger partial charge is 0.332 e. The number of aromatic nitrogens is 4. The summed E-state index contributed by atoms with van der Waals surface area (Å²) in [5.41, 5.74) is 0.911. The van der Waals surface area contributed by atoms with Gasteiger partial charge < -0.3 is 18.9 Å². The summed E-state index contributed by atoms with van der Waals surface area (Å²) < 4.78 is 15.3. The van der Waals surface area contributed by atoms with E-state index in [1.54, 1.807) is 21.3 Å². The van der Waals surface area contributed by atoms with Crippen molar-refractivity contribution in [2.75, 3.05) is 25.7 Å². The van der Waals surface area contributed by atoms with Gasteiger partial charge in [-0.25, -0.2) is 4.79 Å². The number of imidazole rings is 1. The summed E-state index contributed by atoms with van der Waals surface area (Å²) >= 11 is 0. The second-order valence-corrected chi connectivity index (χ2v) is 7.15. The van der Waals surface area contributed by atoms with Crippen LogP contribution in [-0.4, -0.2) is 39.4 Å². The molecular formula is C19H23N5O4. The van der Waals surface area contributed by atoms with E-state index in [0.29, 0.717) is 41.7 Å². The lowest BCUT2D eigenvalue weighted by Crippen LogP contribution is -2.38. The lowest BCUT2D eigenvalue weighted by Gasteiger charge is -2.33. The van der Waals surface area contributed by atoms with E-state index in [9.17, 15) is 9.59 Å². The van der Waals surface area contributed by atoms with Crippen molar-refractivity contribution in [2.45, 2.75) is 13.5 Å². The number of fused-ring (bicyclic) bond motifs is 3. The van der Waals surface area contributed by atoms with E-state index < -0.39 is 5.69 Å². The number of methoxy groups -OCH3 is 2. The first-order valence-corrected chi connectivity index (χ1v) is 9.03. The minimum atomic E-state index is -0.394. The van der Waals surface area contributed by atoms with E-state index in [1.165, 1.54) is 11.6 Å². The number of anilines is 2. The van der Waals surface area contributed by atoms with Crippen LogP contribution >= 0.6 is 0 Å². The molecule has 9 nitrogen and oxygen atoms in total. The molecule has 0 radical (unpaired) electrons. The number of rotatable bonds is 3. The predicted molar refractivity (Wildman–Crippen MR) is 106 cm³/mol. The third-order valence-corrected chi connectivity index (χ3v) is 5.24. The normalized spacial score (nSPS) is 16.3. The van der Waals surface area contributed by atoms with Crippen LogP contribution < -0.4 is 25.6 Å². The molecule has 1 aliphatic rings. The van der Waals surface area contributed by atoms with E-state index in [-0.39, 0.29) is 11.5 Å². The SMILES string of the molecule is COc1ccc(N2CC(C)Cn3c2nc2c3c(=O)n(C)c(=O)n2C)c(OC)c1. The summed E-state index contributed by atoms with van der Waals surface area (Å²) in [4.78, 5) is 31.9. The molecule has 1 aliphatic heterocycles. The van der Waals surface area contributed by atoms with Gasteiger partial charge in [0.1, 0.15) is 11.5 Å². The van der Waals surface area contributed by atoms with Crippen molar-refractivity contribution in [3.05, 3.63) is 39.0 Å². The standard InChI is InChI=1S/C19H23N5O4/c1-11-9-23(13-7-6-12(27-4)8-14(13)28-5)18-20-16-15(24(18)10-11)17(25)22(3)19(26)21(16)2/h6-8,11H,9-10H2,1-5H3. The molecule has 0 bridgehead atoms. The zero-order valence-corrected chi connectivity index (χ0v) is 16.6. The minimum Gasteiger partial charge on any atom is -0.497 e. The molecule has 0 spiro atoms. The van der Waals surface area contributed by atoms with Gasteiger partial charge in [0.15, 0.2) is 11.2 Å². The summed E-state index contributed by atoms with van der Waals surface area (Å²) in [6.07, 6.45) is 0. The van der Waals surface area contributed by atoms with Gasteiger partial charge in [0.2, 0.25) is 5.95 Å². The topological polar surface area (TPSA) is 83.5 Å². The monoisotopic (exact) mass is 385 g/mol. The first kappa shape index (κ1) is 18.1. The van der Waals surface area contributed by atoms with Crippen molar-refractivity contribution < 1.29 is 9.47 Å². The molecular weight excluding hydrogens is 362 g/mol. The first-order valence-electron chi connectivity index (χ1n) is 9.03. The summed E-state index contributed by atoms with van der Waals surface area (Å²) in [6, 6.07) is 5.59. The quantitative estimate of drug-likeness (QED) is 0.675. The molecule has 3 heterocycles. The van der Waals surface area contributed by atoms with Gasteiger partial charge in [-0.15, -0.1) is 0 Å². The average Bonchev–Trinajstić information content (AvgIpc) is 3.09. The van der Waals surface area contributed by atoms with Gasteiger partial charge in [-0.2, -0.15) is 4.98 Å². The number of ether oxygens (including phenoxy) is 2. The fourth-order valence-corrected chi connectivity index (χ4v) is 3.79. The molecule has 9 heteroatoms. The zero-order chi connectivity index (χ0) is 20.2. The lowest BCUT2D eigenvalue weighted by molar-refractivity contribution is 0.392. The van der Waals surface area contributed by atoms with Crippen LogP contribution in [0.2, 0.25) is 0 Å². The summed E-state index contributed by atoms with van der Waals surface area (Å²) in [6.45, 7) is 3.47. The summed E-state index contributed by atoms with van der Waals surface area (Å²) in [7, 11) is 6.33. The molecule has 2 aromatic heterocycles. The van der Waals surface area contributed by atoms with Gasteiger partial charge in [0.05, 0.1) is 19.9 Å². The Kier molecular flexibility index (Phi) is 4.17. The maximum atomic E-state index is 12.8. The molecule has 3 aromatic rings. The van der Waals surface area contributed by atoms with Crippen molar-refractivity contribution in [3.8, 4) is 11.5 Å². The molecule has 28 heavy (non-hydrogen) atoms. The molecule has 1 unspecified atom stereocenters. The Hall–Kier alpha value is -3.23. The van der Waals surface area contributed by atoms with E-state index in [1.807, 2.05) is 27.7 Å². The van der Waals surface area contributed by atoms with Crippen molar-refractivity contribution in [1.29, 1.82) is 0 Å². The van der Waals surface area contributed by atoms with Crippen molar-refractivity contribution >= 4 is 22.8 Å². The summed E-state index contributed by atoms with van der Waals surface area (Å²) in [5.74, 6) is 2.22. The second-order valence-electron chi connectivity index (χ2n) is 7.15. The highest BCUT2D eigenvalue weighted by Gasteiger charge is 2.30. The van der Waals surface area contributed by atoms with Crippen LogP contribution in [0.3, 0.4) is 0 Å². The molecule has 0 N–H and O–H groups in total. The second kappa shape index (κ2) is 6.43. The Morgan fingerprint density at radius 3 is 2.50 bits per heavy atom. The predicted octanol–water partition coefficient (Wildman–Crippen LogP) is 1.24. The summed E-state index contributed by atoms with van der Waals surface area (Å²) in [5, 5.41) is 0. The molecule has 0 fully saturated rings. The van der Waals surface area contributed by atoms with Crippen molar-refractivity contribution in [3.63, 3.8) is 0 Å². The molecule has 148 valence electrons. The molecule has 0 amide bonds. The van der Waals surface area contributed by atoms with E-state index in [4.69, 9.17) is 9.47 Å². The largest absolute Gasteiger partial charge is 0.497 e. The van der Waals surface area contributed by atoms with Crippen LogP contribution in [0.1, 0.15) is 6.92 Å². The lowest BCUT2D eigenvalue weighted by atomic mass is 10.1. The highest BCUT2D eigenvalue weighted by Crippen LogP contribution is 2.39. The molecule has 0 saturated heterocycles. The highest BCUT2D eigenvalue weighted by atomic mass is 16.5. The number of nitrogens with zero attached hydrogens (tertiary/aromatic N) is 5. The Balaban J connectivity index is 2.01. The minimum absolute atomic E-state index is 0.263.